The SMILES string of the molecule is CN1CCS(=O)(=O)c2cc(-c3nc(Nc4ccc(N5CCNC(CO)C5)cc4C4CC4)ncc3C(F)(F)F)sc2C1=O. The monoisotopic (exact) mass is 622 g/mol. The Morgan fingerprint density at radius 3 is 2.71 bits per heavy atom. The summed E-state index contributed by atoms with van der Waals surface area (Å²) in [6, 6.07) is 6.92. The van der Waals surface area contributed by atoms with Crippen molar-refractivity contribution in [2.75, 3.05) is 55.8 Å². The molecule has 1 atom stereocenters. The number of rotatable bonds is 6. The maximum absolute atomic E-state index is 14.1. The summed E-state index contributed by atoms with van der Waals surface area (Å²) in [5, 5.41) is 15.9. The average molecular weight is 623 g/mol. The van der Waals surface area contributed by atoms with Crippen LogP contribution >= 0.6 is 11.3 Å². The van der Waals surface area contributed by atoms with Crippen molar-refractivity contribution < 1.29 is 31.5 Å². The lowest BCUT2D eigenvalue weighted by atomic mass is 10.1. The molecule has 3 N–H and O–H groups in total. The van der Waals surface area contributed by atoms with Crippen molar-refractivity contribution in [3.05, 3.63) is 46.5 Å². The van der Waals surface area contributed by atoms with E-state index in [4.69, 9.17) is 0 Å². The molecule has 2 aromatic heterocycles. The van der Waals surface area contributed by atoms with E-state index >= 15 is 0 Å². The number of hydrogen-bond acceptors (Lipinski definition) is 10. The third-order valence-electron chi connectivity index (χ3n) is 7.74. The first-order valence-corrected chi connectivity index (χ1v) is 16.0. The molecule has 1 saturated carbocycles. The van der Waals surface area contributed by atoms with Crippen LogP contribution in [0.2, 0.25) is 0 Å². The Morgan fingerprint density at radius 1 is 1.21 bits per heavy atom. The van der Waals surface area contributed by atoms with Crippen LogP contribution in [0, 0.1) is 0 Å². The summed E-state index contributed by atoms with van der Waals surface area (Å²) in [7, 11) is -2.43. The minimum atomic E-state index is -4.81. The van der Waals surface area contributed by atoms with Gasteiger partial charge in [-0.15, -0.1) is 11.3 Å². The van der Waals surface area contributed by atoms with Gasteiger partial charge in [-0.2, -0.15) is 13.2 Å². The molecule has 1 unspecified atom stereocenters. The summed E-state index contributed by atoms with van der Waals surface area (Å²) in [5.41, 5.74) is 1.04. The van der Waals surface area contributed by atoms with Crippen LogP contribution in [0.4, 0.5) is 30.5 Å². The molecule has 10 nitrogen and oxygen atoms in total. The van der Waals surface area contributed by atoms with E-state index in [1.54, 1.807) is 0 Å². The molecule has 3 aromatic rings. The number of thiophene rings is 1. The van der Waals surface area contributed by atoms with Crippen molar-refractivity contribution in [1.29, 1.82) is 0 Å². The number of carbonyl (C=O) groups is 1. The number of sulfone groups is 1. The molecule has 4 heterocycles. The number of hydrogen-bond donors (Lipinski definition) is 3. The molecule has 3 aliphatic rings. The van der Waals surface area contributed by atoms with Crippen LogP contribution in [0.5, 0.6) is 0 Å². The average Bonchev–Trinajstić information content (AvgIpc) is 3.72. The number of carbonyl (C=O) groups excluding carboxylic acids is 1. The fraction of sp³-hybridized carbons (Fsp3) is 0.444. The number of fused-ring (bicyclic) bond motifs is 1. The second kappa shape index (κ2) is 10.8. The number of aromatic nitrogens is 2. The standard InChI is InChI=1S/C27H29F3N6O4S2/c1-35-8-9-42(39,40)22-11-21(41-24(22)25(35)38)23-19(27(28,29)30)12-32-26(34-23)33-20-5-4-17(10-18(20)15-2-3-15)36-7-6-31-16(13-36)14-37/h4-5,10-12,15-16,31,37H,2-3,6-9,13-14H2,1H3,(H,32,33,34). The zero-order valence-corrected chi connectivity index (χ0v) is 24.2. The van der Waals surface area contributed by atoms with E-state index in [9.17, 15) is 31.5 Å². The molecule has 2 fully saturated rings. The van der Waals surface area contributed by atoms with Crippen LogP contribution < -0.4 is 15.5 Å². The Bertz CT molecular complexity index is 1640. The number of piperazine rings is 1. The maximum atomic E-state index is 14.1. The highest BCUT2D eigenvalue weighted by molar-refractivity contribution is 7.91. The summed E-state index contributed by atoms with van der Waals surface area (Å²) in [6.07, 6.45) is -2.17. The maximum Gasteiger partial charge on any atom is 0.420 e. The fourth-order valence-electron chi connectivity index (χ4n) is 5.25. The summed E-state index contributed by atoms with van der Waals surface area (Å²) < 4.78 is 67.9. The Kier molecular flexibility index (Phi) is 7.40. The highest BCUT2D eigenvalue weighted by Crippen LogP contribution is 2.46. The minimum absolute atomic E-state index is 0.00788. The smallest absolute Gasteiger partial charge is 0.395 e. The number of benzene rings is 1. The molecule has 1 amide bonds. The molecule has 0 spiro atoms. The van der Waals surface area contributed by atoms with Crippen LogP contribution in [-0.2, 0) is 16.0 Å². The van der Waals surface area contributed by atoms with E-state index < -0.39 is 33.2 Å². The molecule has 42 heavy (non-hydrogen) atoms. The van der Waals surface area contributed by atoms with Crippen molar-refractivity contribution >= 4 is 44.4 Å². The normalized spacial score (nSPS) is 20.8. The van der Waals surface area contributed by atoms with E-state index in [2.05, 4.69) is 31.6 Å². The zero-order chi connectivity index (χ0) is 29.8. The molecular formula is C27H29F3N6O4S2. The van der Waals surface area contributed by atoms with E-state index in [-0.39, 0.29) is 45.5 Å². The second-order valence-electron chi connectivity index (χ2n) is 10.8. The Labute approximate surface area is 244 Å². The number of nitrogens with one attached hydrogen (secondary N) is 2. The zero-order valence-electron chi connectivity index (χ0n) is 22.6. The molecule has 1 aliphatic carbocycles. The van der Waals surface area contributed by atoms with E-state index in [1.165, 1.54) is 11.9 Å². The summed E-state index contributed by atoms with van der Waals surface area (Å²) in [5.74, 6) is -0.674. The van der Waals surface area contributed by atoms with Crippen LogP contribution in [0.1, 0.15) is 39.6 Å². The lowest BCUT2D eigenvalue weighted by molar-refractivity contribution is -0.137. The first kappa shape index (κ1) is 28.8. The quantitative estimate of drug-likeness (QED) is 0.379. The van der Waals surface area contributed by atoms with Crippen LogP contribution in [-0.4, -0.2) is 85.9 Å². The third-order valence-corrected chi connectivity index (χ3v) is 10.7. The van der Waals surface area contributed by atoms with E-state index in [0.717, 1.165) is 43.2 Å². The molecule has 15 heteroatoms. The van der Waals surface area contributed by atoms with Gasteiger partial charge in [0.2, 0.25) is 5.95 Å². The van der Waals surface area contributed by atoms with Crippen molar-refractivity contribution in [3.63, 3.8) is 0 Å². The van der Waals surface area contributed by atoms with Crippen molar-refractivity contribution in [2.24, 2.45) is 0 Å². The molecule has 224 valence electrons. The number of anilines is 3. The predicted octanol–water partition coefficient (Wildman–Crippen LogP) is 3.47. The van der Waals surface area contributed by atoms with Crippen molar-refractivity contribution in [3.8, 4) is 10.6 Å². The van der Waals surface area contributed by atoms with Gasteiger partial charge in [0.15, 0.2) is 9.84 Å². The number of nitrogens with zero attached hydrogens (tertiary/aromatic N) is 4. The number of halogens is 3. The number of alkyl halides is 3. The van der Waals surface area contributed by atoms with Gasteiger partial charge >= 0.3 is 6.18 Å². The molecule has 0 bridgehead atoms. The van der Waals surface area contributed by atoms with Crippen LogP contribution in [0.3, 0.4) is 0 Å². The third kappa shape index (κ3) is 5.57. The van der Waals surface area contributed by atoms with E-state index in [1.807, 2.05) is 12.1 Å². The predicted molar refractivity (Wildman–Crippen MR) is 152 cm³/mol. The minimum Gasteiger partial charge on any atom is -0.395 e. The Morgan fingerprint density at radius 2 is 2.00 bits per heavy atom. The largest absolute Gasteiger partial charge is 0.420 e. The summed E-state index contributed by atoms with van der Waals surface area (Å²) in [6.45, 7) is 2.19. The Hall–Kier alpha value is -3.27. The lowest BCUT2D eigenvalue weighted by Crippen LogP contribution is -2.52. The molecule has 2 aliphatic heterocycles. The van der Waals surface area contributed by atoms with Gasteiger partial charge in [0, 0.05) is 56.8 Å². The molecular weight excluding hydrogens is 593 g/mol. The Balaban J connectivity index is 1.37. The van der Waals surface area contributed by atoms with Gasteiger partial charge in [0.1, 0.15) is 10.4 Å². The van der Waals surface area contributed by atoms with Crippen LogP contribution in [0.25, 0.3) is 10.6 Å². The van der Waals surface area contributed by atoms with Gasteiger partial charge in [-0.05, 0) is 48.6 Å². The summed E-state index contributed by atoms with van der Waals surface area (Å²) in [4.78, 5) is 23.9. The van der Waals surface area contributed by atoms with Gasteiger partial charge in [-0.3, -0.25) is 4.79 Å². The number of amides is 1. The highest BCUT2D eigenvalue weighted by Gasteiger charge is 2.38. The van der Waals surface area contributed by atoms with Gasteiger partial charge in [-0.1, -0.05) is 0 Å². The molecule has 1 aromatic carbocycles. The second-order valence-corrected chi connectivity index (χ2v) is 13.9. The topological polar surface area (TPSA) is 128 Å². The van der Waals surface area contributed by atoms with Gasteiger partial charge in [0.25, 0.3) is 5.91 Å². The highest BCUT2D eigenvalue weighted by atomic mass is 32.2. The van der Waals surface area contributed by atoms with Gasteiger partial charge in [0.05, 0.1) is 27.8 Å². The molecule has 1 saturated heterocycles. The van der Waals surface area contributed by atoms with Gasteiger partial charge in [-0.25, -0.2) is 18.4 Å². The van der Waals surface area contributed by atoms with E-state index in [0.29, 0.717) is 35.7 Å². The van der Waals surface area contributed by atoms with Crippen molar-refractivity contribution in [2.45, 2.75) is 35.9 Å². The first-order chi connectivity index (χ1) is 19.9. The fourth-order valence-corrected chi connectivity index (χ4v) is 8.28. The van der Waals surface area contributed by atoms with Crippen molar-refractivity contribution in [1.82, 2.24) is 20.2 Å². The molecule has 0 radical (unpaired) electrons. The van der Waals surface area contributed by atoms with Crippen LogP contribution in [0.15, 0.2) is 35.4 Å². The number of aliphatic hydroxyl groups is 1. The summed E-state index contributed by atoms with van der Waals surface area (Å²) >= 11 is 0.682. The number of aliphatic hydroxyl groups excluding tert-OH is 1. The first-order valence-electron chi connectivity index (χ1n) is 13.5. The lowest BCUT2D eigenvalue weighted by Gasteiger charge is -2.35. The molecule has 6 rings (SSSR count). The van der Waals surface area contributed by atoms with Gasteiger partial charge < -0.3 is 25.5 Å².